The predicted octanol–water partition coefficient (Wildman–Crippen LogP) is 3.32. The first-order valence-electron chi connectivity index (χ1n) is 7.11. The van der Waals surface area contributed by atoms with Gasteiger partial charge in [0.25, 0.3) is 0 Å². The molecule has 0 spiro atoms. The zero-order valence-corrected chi connectivity index (χ0v) is 11.8. The van der Waals surface area contributed by atoms with Crippen LogP contribution in [-0.4, -0.2) is 11.5 Å². The van der Waals surface area contributed by atoms with E-state index in [4.69, 9.17) is 10.5 Å². The first-order valence-corrected chi connectivity index (χ1v) is 7.11. The second kappa shape index (κ2) is 6.37. The van der Waals surface area contributed by atoms with Crippen molar-refractivity contribution >= 4 is 10.9 Å². The zero-order valence-electron chi connectivity index (χ0n) is 11.8. The average molecular weight is 278 g/mol. The third kappa shape index (κ3) is 3.38. The molecule has 0 saturated heterocycles. The lowest BCUT2D eigenvalue weighted by atomic mass is 10.1. The van der Waals surface area contributed by atoms with E-state index in [9.17, 15) is 0 Å². The van der Waals surface area contributed by atoms with Crippen molar-refractivity contribution < 1.29 is 4.74 Å². The van der Waals surface area contributed by atoms with Crippen molar-refractivity contribution in [3.8, 4) is 5.75 Å². The molecule has 0 amide bonds. The van der Waals surface area contributed by atoms with Crippen molar-refractivity contribution in [2.24, 2.45) is 5.73 Å². The summed E-state index contributed by atoms with van der Waals surface area (Å²) in [6.07, 6.45) is 0.866. The number of fused-ring (bicyclic) bond motifs is 1. The van der Waals surface area contributed by atoms with Crippen LogP contribution in [0.15, 0.2) is 60.7 Å². The highest BCUT2D eigenvalue weighted by Gasteiger charge is 2.01. The van der Waals surface area contributed by atoms with E-state index in [1.54, 1.807) is 0 Å². The van der Waals surface area contributed by atoms with E-state index in [2.05, 4.69) is 23.2 Å². The van der Waals surface area contributed by atoms with Gasteiger partial charge >= 0.3 is 0 Å². The minimum Gasteiger partial charge on any atom is -0.487 e. The van der Waals surface area contributed by atoms with E-state index in [-0.39, 0.29) is 0 Å². The van der Waals surface area contributed by atoms with Crippen LogP contribution in [0.5, 0.6) is 5.75 Å². The molecule has 3 heteroatoms. The van der Waals surface area contributed by atoms with E-state index in [0.717, 1.165) is 28.8 Å². The van der Waals surface area contributed by atoms with Crippen LogP contribution in [0.1, 0.15) is 11.3 Å². The van der Waals surface area contributed by atoms with Crippen LogP contribution in [0.4, 0.5) is 0 Å². The van der Waals surface area contributed by atoms with Crippen molar-refractivity contribution in [2.45, 2.75) is 13.0 Å². The minimum absolute atomic E-state index is 0.469. The highest BCUT2D eigenvalue weighted by molar-refractivity contribution is 5.78. The Morgan fingerprint density at radius 3 is 2.76 bits per heavy atom. The van der Waals surface area contributed by atoms with Crippen molar-refractivity contribution in [3.05, 3.63) is 71.9 Å². The van der Waals surface area contributed by atoms with Gasteiger partial charge < -0.3 is 10.5 Å². The number of ether oxygens (including phenoxy) is 1. The number of hydrogen-bond acceptors (Lipinski definition) is 3. The molecule has 0 radical (unpaired) electrons. The first kappa shape index (κ1) is 13.6. The summed E-state index contributed by atoms with van der Waals surface area (Å²) in [7, 11) is 0. The summed E-state index contributed by atoms with van der Waals surface area (Å²) in [4.78, 5) is 4.60. The van der Waals surface area contributed by atoms with E-state index < -0.39 is 0 Å². The number of nitrogens with two attached hydrogens (primary N) is 1. The van der Waals surface area contributed by atoms with Gasteiger partial charge in [0.05, 0.1) is 11.2 Å². The fourth-order valence-electron chi connectivity index (χ4n) is 2.30. The number of benzene rings is 2. The fourth-order valence-corrected chi connectivity index (χ4v) is 2.30. The van der Waals surface area contributed by atoms with Gasteiger partial charge in [-0.3, -0.25) is 0 Å². The molecule has 0 fully saturated rings. The monoisotopic (exact) mass is 278 g/mol. The third-order valence-electron chi connectivity index (χ3n) is 3.37. The largest absolute Gasteiger partial charge is 0.487 e. The van der Waals surface area contributed by atoms with E-state index >= 15 is 0 Å². The Hall–Kier alpha value is -2.39. The van der Waals surface area contributed by atoms with E-state index in [1.807, 2.05) is 42.5 Å². The molecule has 0 bridgehead atoms. The van der Waals surface area contributed by atoms with Crippen molar-refractivity contribution in [1.29, 1.82) is 0 Å². The van der Waals surface area contributed by atoms with Gasteiger partial charge in [0.2, 0.25) is 0 Å². The zero-order chi connectivity index (χ0) is 14.5. The molecule has 3 rings (SSSR count). The Balaban J connectivity index is 1.72. The summed E-state index contributed by atoms with van der Waals surface area (Å²) in [6, 6.07) is 20.2. The summed E-state index contributed by atoms with van der Waals surface area (Å²) < 4.78 is 5.82. The maximum absolute atomic E-state index is 5.82. The summed E-state index contributed by atoms with van der Waals surface area (Å²) in [6.45, 7) is 1.12. The van der Waals surface area contributed by atoms with Gasteiger partial charge in [0, 0.05) is 5.39 Å². The topological polar surface area (TPSA) is 48.1 Å². The maximum atomic E-state index is 5.82. The van der Waals surface area contributed by atoms with Crippen molar-refractivity contribution in [3.63, 3.8) is 0 Å². The molecule has 0 unspecified atom stereocenters. The minimum atomic E-state index is 0.469. The maximum Gasteiger partial charge on any atom is 0.130 e. The Bertz CT molecular complexity index is 740. The number of aromatic nitrogens is 1. The lowest BCUT2D eigenvalue weighted by Crippen LogP contribution is -2.03. The number of hydrogen-bond donors (Lipinski definition) is 1. The molecule has 3 aromatic rings. The molecule has 2 aromatic carbocycles. The summed E-state index contributed by atoms with van der Waals surface area (Å²) >= 11 is 0. The van der Waals surface area contributed by atoms with Crippen LogP contribution in [0.2, 0.25) is 0 Å². The molecule has 0 saturated carbocycles. The Labute approximate surface area is 124 Å². The molecule has 0 aliphatic carbocycles. The van der Waals surface area contributed by atoms with Crippen LogP contribution >= 0.6 is 0 Å². The fraction of sp³-hybridized carbons (Fsp3) is 0.167. The molecule has 106 valence electrons. The molecular weight excluding hydrogens is 260 g/mol. The number of nitrogens with zero attached hydrogens (tertiary/aromatic N) is 1. The number of rotatable bonds is 5. The van der Waals surface area contributed by atoms with Gasteiger partial charge in [0.15, 0.2) is 0 Å². The van der Waals surface area contributed by atoms with Crippen LogP contribution in [0.3, 0.4) is 0 Å². The Morgan fingerprint density at radius 2 is 1.86 bits per heavy atom. The van der Waals surface area contributed by atoms with Crippen molar-refractivity contribution in [1.82, 2.24) is 4.98 Å². The van der Waals surface area contributed by atoms with Crippen molar-refractivity contribution in [2.75, 3.05) is 6.54 Å². The molecule has 0 aliphatic rings. The third-order valence-corrected chi connectivity index (χ3v) is 3.37. The van der Waals surface area contributed by atoms with Crippen LogP contribution in [0.25, 0.3) is 10.9 Å². The second-order valence-corrected chi connectivity index (χ2v) is 4.97. The second-order valence-electron chi connectivity index (χ2n) is 4.97. The summed E-state index contributed by atoms with van der Waals surface area (Å²) in [5.41, 5.74) is 8.70. The smallest absolute Gasteiger partial charge is 0.130 e. The normalized spacial score (nSPS) is 10.7. The van der Waals surface area contributed by atoms with Gasteiger partial charge in [-0.15, -0.1) is 0 Å². The van der Waals surface area contributed by atoms with Crippen LogP contribution < -0.4 is 10.5 Å². The van der Waals surface area contributed by atoms with Gasteiger partial charge in [-0.25, -0.2) is 4.98 Å². The van der Waals surface area contributed by atoms with Gasteiger partial charge in [0.1, 0.15) is 12.4 Å². The Kier molecular flexibility index (Phi) is 4.12. The molecule has 3 nitrogen and oxygen atoms in total. The molecule has 2 N–H and O–H groups in total. The first-order chi connectivity index (χ1) is 10.3. The number of para-hydroxylation sites is 1. The van der Waals surface area contributed by atoms with Gasteiger partial charge in [-0.05, 0) is 42.8 Å². The molecular formula is C18H18N2O. The molecule has 1 aromatic heterocycles. The SMILES string of the molecule is NCCc1cccc(OCc2ccc3ccccc3n2)c1. The summed E-state index contributed by atoms with van der Waals surface area (Å²) in [5.74, 6) is 0.857. The molecule has 21 heavy (non-hydrogen) atoms. The van der Waals surface area contributed by atoms with Crippen LogP contribution in [0, 0.1) is 0 Å². The highest BCUT2D eigenvalue weighted by atomic mass is 16.5. The van der Waals surface area contributed by atoms with Gasteiger partial charge in [-0.2, -0.15) is 0 Å². The number of pyridine rings is 1. The predicted molar refractivity (Wildman–Crippen MR) is 85.3 cm³/mol. The molecule has 0 aliphatic heterocycles. The lowest BCUT2D eigenvalue weighted by Gasteiger charge is -2.08. The van der Waals surface area contributed by atoms with Crippen LogP contribution in [-0.2, 0) is 13.0 Å². The Morgan fingerprint density at radius 1 is 0.952 bits per heavy atom. The standard InChI is InChI=1S/C18H18N2O/c19-11-10-14-4-3-6-17(12-14)21-13-16-9-8-15-5-1-2-7-18(15)20-16/h1-9,12H,10-11,13,19H2. The quantitative estimate of drug-likeness (QED) is 0.779. The molecule has 0 atom stereocenters. The lowest BCUT2D eigenvalue weighted by molar-refractivity contribution is 0.301. The molecule has 1 heterocycles. The van der Waals surface area contributed by atoms with E-state index in [1.165, 1.54) is 5.56 Å². The summed E-state index contributed by atoms with van der Waals surface area (Å²) in [5, 5.41) is 1.14. The van der Waals surface area contributed by atoms with E-state index in [0.29, 0.717) is 13.2 Å². The highest BCUT2D eigenvalue weighted by Crippen LogP contribution is 2.16. The average Bonchev–Trinajstić information content (AvgIpc) is 2.53. The van der Waals surface area contributed by atoms with Gasteiger partial charge in [-0.1, -0.05) is 36.4 Å².